The van der Waals surface area contributed by atoms with Crippen LogP contribution in [0.4, 0.5) is 0 Å². The Bertz CT molecular complexity index is 291. The van der Waals surface area contributed by atoms with Crippen LogP contribution in [-0.4, -0.2) is 49.7 Å². The Balaban J connectivity index is 3.80. The SMILES string of the molecule is CCSCC(=O)OCC(C)C(=O)OCC(=O)OC. The number of rotatable bonds is 8. The Morgan fingerprint density at radius 3 is 2.39 bits per heavy atom. The molecule has 18 heavy (non-hydrogen) atoms. The fourth-order valence-electron chi connectivity index (χ4n) is 0.844. The van der Waals surface area contributed by atoms with E-state index >= 15 is 0 Å². The first kappa shape index (κ1) is 16.8. The lowest BCUT2D eigenvalue weighted by atomic mass is 10.2. The number of methoxy groups -OCH3 is 1. The number of carbonyl (C=O) groups excluding carboxylic acids is 3. The minimum absolute atomic E-state index is 0.0525. The van der Waals surface area contributed by atoms with Crippen LogP contribution in [0.5, 0.6) is 0 Å². The highest BCUT2D eigenvalue weighted by atomic mass is 32.2. The van der Waals surface area contributed by atoms with Gasteiger partial charge in [-0.05, 0) is 12.7 Å². The summed E-state index contributed by atoms with van der Waals surface area (Å²) in [4.78, 5) is 33.3. The van der Waals surface area contributed by atoms with E-state index in [0.29, 0.717) is 0 Å². The maximum atomic E-state index is 11.4. The van der Waals surface area contributed by atoms with Crippen molar-refractivity contribution in [2.24, 2.45) is 5.92 Å². The van der Waals surface area contributed by atoms with Crippen molar-refractivity contribution in [2.75, 3.05) is 31.8 Å². The molecular weight excluding hydrogens is 260 g/mol. The molecule has 0 radical (unpaired) electrons. The number of esters is 3. The van der Waals surface area contributed by atoms with E-state index in [0.717, 1.165) is 5.75 Å². The number of thioether (sulfide) groups is 1. The number of ether oxygens (including phenoxy) is 3. The molecule has 1 atom stereocenters. The molecule has 0 aliphatic carbocycles. The maximum absolute atomic E-state index is 11.4. The third kappa shape index (κ3) is 7.94. The molecule has 0 saturated carbocycles. The van der Waals surface area contributed by atoms with E-state index in [2.05, 4.69) is 9.47 Å². The molecule has 0 rings (SSSR count). The summed E-state index contributed by atoms with van der Waals surface area (Å²) in [5, 5.41) is 0. The maximum Gasteiger partial charge on any atom is 0.344 e. The Hall–Kier alpha value is -1.24. The summed E-state index contributed by atoms with van der Waals surface area (Å²) in [6, 6.07) is 0. The monoisotopic (exact) mass is 278 g/mol. The van der Waals surface area contributed by atoms with Crippen LogP contribution in [0.1, 0.15) is 13.8 Å². The molecule has 104 valence electrons. The zero-order valence-corrected chi connectivity index (χ0v) is 11.6. The predicted octanol–water partition coefficient (Wildman–Crippen LogP) is 0.635. The standard InChI is InChI=1S/C11H18O6S/c1-4-18-7-10(13)16-5-8(2)11(14)17-6-9(12)15-3/h8H,4-7H2,1-3H3. The van der Waals surface area contributed by atoms with Crippen molar-refractivity contribution in [1.82, 2.24) is 0 Å². The minimum atomic E-state index is -0.633. The lowest BCUT2D eigenvalue weighted by Gasteiger charge is -2.11. The van der Waals surface area contributed by atoms with Gasteiger partial charge in [-0.3, -0.25) is 9.59 Å². The summed E-state index contributed by atoms with van der Waals surface area (Å²) in [6.07, 6.45) is 0. The van der Waals surface area contributed by atoms with E-state index in [1.165, 1.54) is 18.9 Å². The van der Waals surface area contributed by atoms with Crippen molar-refractivity contribution in [2.45, 2.75) is 13.8 Å². The summed E-state index contributed by atoms with van der Waals surface area (Å²) < 4.78 is 13.9. The Morgan fingerprint density at radius 2 is 1.83 bits per heavy atom. The molecule has 0 N–H and O–H groups in total. The summed E-state index contributed by atoms with van der Waals surface area (Å²) in [6.45, 7) is 3.01. The van der Waals surface area contributed by atoms with E-state index in [1.807, 2.05) is 6.92 Å². The highest BCUT2D eigenvalue weighted by molar-refractivity contribution is 7.99. The van der Waals surface area contributed by atoms with Crippen molar-refractivity contribution in [3.8, 4) is 0 Å². The van der Waals surface area contributed by atoms with Gasteiger partial charge in [0.05, 0.1) is 18.8 Å². The molecule has 0 heterocycles. The van der Waals surface area contributed by atoms with Crippen LogP contribution < -0.4 is 0 Å². The largest absolute Gasteiger partial charge is 0.466 e. The van der Waals surface area contributed by atoms with Crippen LogP contribution in [0.3, 0.4) is 0 Å². The zero-order valence-electron chi connectivity index (χ0n) is 10.8. The number of hydrogen-bond acceptors (Lipinski definition) is 7. The second kappa shape index (κ2) is 9.76. The number of carbonyl (C=O) groups is 3. The average Bonchev–Trinajstić information content (AvgIpc) is 2.38. The fourth-order valence-corrected chi connectivity index (χ4v) is 1.30. The van der Waals surface area contributed by atoms with Crippen molar-refractivity contribution in [3.63, 3.8) is 0 Å². The van der Waals surface area contributed by atoms with Gasteiger partial charge in [0.2, 0.25) is 0 Å². The van der Waals surface area contributed by atoms with E-state index < -0.39 is 24.5 Å². The van der Waals surface area contributed by atoms with Crippen LogP contribution in [0.2, 0.25) is 0 Å². The summed E-state index contributed by atoms with van der Waals surface area (Å²) in [5.41, 5.74) is 0. The van der Waals surface area contributed by atoms with Gasteiger partial charge in [0, 0.05) is 0 Å². The molecule has 0 aromatic rings. The molecule has 0 saturated heterocycles. The molecule has 0 bridgehead atoms. The van der Waals surface area contributed by atoms with E-state index in [-0.39, 0.29) is 18.3 Å². The molecular formula is C11H18O6S. The molecule has 7 heteroatoms. The van der Waals surface area contributed by atoms with Gasteiger partial charge >= 0.3 is 17.9 Å². The first-order valence-corrected chi connectivity index (χ1v) is 6.63. The second-order valence-corrected chi connectivity index (χ2v) is 4.68. The molecule has 1 unspecified atom stereocenters. The van der Waals surface area contributed by atoms with Gasteiger partial charge in [-0.25, -0.2) is 4.79 Å². The summed E-state index contributed by atoms with van der Waals surface area (Å²) in [7, 11) is 1.20. The van der Waals surface area contributed by atoms with Crippen LogP contribution in [-0.2, 0) is 28.6 Å². The van der Waals surface area contributed by atoms with E-state index in [9.17, 15) is 14.4 Å². The fraction of sp³-hybridized carbons (Fsp3) is 0.727. The van der Waals surface area contributed by atoms with Crippen molar-refractivity contribution < 1.29 is 28.6 Å². The van der Waals surface area contributed by atoms with E-state index in [1.54, 1.807) is 6.92 Å². The molecule has 0 aliphatic heterocycles. The molecule has 0 aliphatic rings. The quantitative estimate of drug-likeness (QED) is 0.476. The molecule has 0 aromatic heterocycles. The smallest absolute Gasteiger partial charge is 0.344 e. The summed E-state index contributed by atoms with van der Waals surface area (Å²) in [5.74, 6) is -1.12. The van der Waals surface area contributed by atoms with Gasteiger partial charge in [-0.1, -0.05) is 6.92 Å². The average molecular weight is 278 g/mol. The van der Waals surface area contributed by atoms with Gasteiger partial charge in [0.25, 0.3) is 0 Å². The molecule has 0 fully saturated rings. The summed E-state index contributed by atoms with van der Waals surface area (Å²) >= 11 is 1.44. The molecule has 0 spiro atoms. The Kier molecular flexibility index (Phi) is 9.08. The predicted molar refractivity (Wildman–Crippen MR) is 66.1 cm³/mol. The zero-order chi connectivity index (χ0) is 14.0. The van der Waals surface area contributed by atoms with Crippen LogP contribution in [0.15, 0.2) is 0 Å². The topological polar surface area (TPSA) is 78.9 Å². The van der Waals surface area contributed by atoms with Crippen LogP contribution in [0.25, 0.3) is 0 Å². The highest BCUT2D eigenvalue weighted by Crippen LogP contribution is 2.03. The van der Waals surface area contributed by atoms with Crippen molar-refractivity contribution in [1.29, 1.82) is 0 Å². The minimum Gasteiger partial charge on any atom is -0.466 e. The van der Waals surface area contributed by atoms with E-state index in [4.69, 9.17) is 4.74 Å². The third-order valence-electron chi connectivity index (χ3n) is 1.88. The molecule has 6 nitrogen and oxygen atoms in total. The lowest BCUT2D eigenvalue weighted by molar-refractivity contribution is -0.161. The van der Waals surface area contributed by atoms with Gasteiger partial charge in [-0.2, -0.15) is 11.8 Å². The van der Waals surface area contributed by atoms with Gasteiger partial charge < -0.3 is 14.2 Å². The first-order valence-electron chi connectivity index (χ1n) is 5.48. The van der Waals surface area contributed by atoms with Gasteiger partial charge in [0.15, 0.2) is 6.61 Å². The molecule has 0 amide bonds. The highest BCUT2D eigenvalue weighted by Gasteiger charge is 2.18. The molecule has 0 aromatic carbocycles. The van der Waals surface area contributed by atoms with Crippen LogP contribution in [0, 0.1) is 5.92 Å². The third-order valence-corrected chi connectivity index (χ3v) is 2.73. The van der Waals surface area contributed by atoms with Crippen LogP contribution >= 0.6 is 11.8 Å². The lowest BCUT2D eigenvalue weighted by Crippen LogP contribution is -2.24. The second-order valence-electron chi connectivity index (χ2n) is 3.41. The van der Waals surface area contributed by atoms with Crippen molar-refractivity contribution >= 4 is 29.7 Å². The van der Waals surface area contributed by atoms with Crippen molar-refractivity contribution in [3.05, 3.63) is 0 Å². The van der Waals surface area contributed by atoms with Gasteiger partial charge in [0.1, 0.15) is 6.61 Å². The Labute approximate surface area is 110 Å². The first-order chi connectivity index (χ1) is 8.51. The Morgan fingerprint density at radius 1 is 1.17 bits per heavy atom. The van der Waals surface area contributed by atoms with Gasteiger partial charge in [-0.15, -0.1) is 0 Å². The normalized spacial score (nSPS) is 11.5. The number of hydrogen-bond donors (Lipinski definition) is 0.